The lowest BCUT2D eigenvalue weighted by Crippen LogP contribution is -2.19. The van der Waals surface area contributed by atoms with Crippen molar-refractivity contribution in [3.8, 4) is 0 Å². The van der Waals surface area contributed by atoms with Crippen LogP contribution in [0.1, 0.15) is 12.1 Å². The van der Waals surface area contributed by atoms with E-state index < -0.39 is 0 Å². The Kier molecular flexibility index (Phi) is 2.44. The molecular formula is C13H12N4O. The van der Waals surface area contributed by atoms with E-state index in [2.05, 4.69) is 10.2 Å². The molecule has 1 aromatic carbocycles. The minimum Gasteiger partial charge on any atom is -0.272 e. The number of anilines is 1. The number of benzene rings is 1. The first-order valence-electron chi connectivity index (χ1n) is 5.69. The van der Waals surface area contributed by atoms with E-state index in [9.17, 15) is 4.79 Å². The number of amides is 1. The molecule has 5 nitrogen and oxygen atoms in total. The van der Waals surface area contributed by atoms with Gasteiger partial charge in [-0.05, 0) is 18.2 Å². The van der Waals surface area contributed by atoms with Gasteiger partial charge in [-0.1, -0.05) is 18.2 Å². The second-order valence-electron chi connectivity index (χ2n) is 4.10. The topological polar surface area (TPSA) is 50.5 Å². The average molecular weight is 240 g/mol. The molecule has 1 aliphatic heterocycles. The van der Waals surface area contributed by atoms with Gasteiger partial charge in [-0.25, -0.2) is 5.01 Å². The van der Waals surface area contributed by atoms with Crippen molar-refractivity contribution in [2.75, 3.05) is 5.01 Å². The molecule has 2 heterocycles. The minimum absolute atomic E-state index is 0.0163. The van der Waals surface area contributed by atoms with Gasteiger partial charge in [0, 0.05) is 13.2 Å². The van der Waals surface area contributed by atoms with Crippen molar-refractivity contribution >= 4 is 17.3 Å². The fourth-order valence-corrected chi connectivity index (χ4v) is 2.00. The third-order valence-electron chi connectivity index (χ3n) is 2.89. The summed E-state index contributed by atoms with van der Waals surface area (Å²) in [6.45, 7) is 0. The first-order valence-corrected chi connectivity index (χ1v) is 5.69. The predicted molar refractivity (Wildman–Crippen MR) is 68.3 cm³/mol. The molecule has 0 N–H and O–H groups in total. The number of rotatable bonds is 2. The molecule has 0 spiro atoms. The van der Waals surface area contributed by atoms with Gasteiger partial charge in [0.15, 0.2) is 0 Å². The molecule has 1 amide bonds. The fraction of sp³-hybridized carbons (Fsp3) is 0.154. The van der Waals surface area contributed by atoms with Gasteiger partial charge in [0.25, 0.3) is 5.91 Å². The standard InChI is InChI=1S/C13H12N4O/c1-16-12(7-8-14-16)11-9-13(18)17(15-11)10-5-3-2-4-6-10/h2-8H,9H2,1H3. The van der Waals surface area contributed by atoms with Crippen LogP contribution in [0.15, 0.2) is 47.7 Å². The van der Waals surface area contributed by atoms with E-state index in [0.717, 1.165) is 17.1 Å². The summed E-state index contributed by atoms with van der Waals surface area (Å²) < 4.78 is 1.72. The second kappa shape index (κ2) is 4.10. The third-order valence-corrected chi connectivity index (χ3v) is 2.89. The quantitative estimate of drug-likeness (QED) is 0.799. The number of carbonyl (C=O) groups is 1. The SMILES string of the molecule is Cn1nccc1C1=NN(c2ccccc2)C(=O)C1. The lowest BCUT2D eigenvalue weighted by Gasteiger charge is -2.10. The summed E-state index contributed by atoms with van der Waals surface area (Å²) in [5.41, 5.74) is 2.42. The van der Waals surface area contributed by atoms with Gasteiger partial charge in [0.2, 0.25) is 0 Å². The number of aromatic nitrogens is 2. The number of hydrogen-bond acceptors (Lipinski definition) is 3. The Labute approximate surface area is 104 Å². The minimum atomic E-state index is -0.0163. The maximum Gasteiger partial charge on any atom is 0.253 e. The van der Waals surface area contributed by atoms with Crippen LogP contribution in [0.2, 0.25) is 0 Å². The van der Waals surface area contributed by atoms with Crippen LogP contribution < -0.4 is 5.01 Å². The molecule has 3 rings (SSSR count). The summed E-state index contributed by atoms with van der Waals surface area (Å²) in [4.78, 5) is 12.0. The monoisotopic (exact) mass is 240 g/mol. The third kappa shape index (κ3) is 1.69. The Balaban J connectivity index is 1.97. The maximum atomic E-state index is 12.0. The van der Waals surface area contributed by atoms with E-state index in [0.29, 0.717) is 6.42 Å². The molecule has 0 bridgehead atoms. The van der Waals surface area contributed by atoms with E-state index in [1.165, 1.54) is 5.01 Å². The summed E-state index contributed by atoms with van der Waals surface area (Å²) >= 11 is 0. The van der Waals surface area contributed by atoms with Crippen LogP contribution in [0.25, 0.3) is 0 Å². The van der Waals surface area contributed by atoms with Crippen LogP contribution in [0.5, 0.6) is 0 Å². The van der Waals surface area contributed by atoms with E-state index in [1.807, 2.05) is 43.4 Å². The van der Waals surface area contributed by atoms with Crippen LogP contribution in [0.4, 0.5) is 5.69 Å². The largest absolute Gasteiger partial charge is 0.272 e. The van der Waals surface area contributed by atoms with Gasteiger partial charge in [0.05, 0.1) is 23.5 Å². The zero-order chi connectivity index (χ0) is 12.5. The Morgan fingerprint density at radius 3 is 2.61 bits per heavy atom. The molecule has 0 saturated carbocycles. The molecule has 0 unspecified atom stereocenters. The number of hydrazone groups is 1. The van der Waals surface area contributed by atoms with Gasteiger partial charge in [-0.15, -0.1) is 0 Å². The molecule has 0 aliphatic carbocycles. The van der Waals surface area contributed by atoms with Crippen molar-refractivity contribution in [2.24, 2.45) is 12.1 Å². The molecule has 5 heteroatoms. The molecule has 0 atom stereocenters. The van der Waals surface area contributed by atoms with Crippen molar-refractivity contribution < 1.29 is 4.79 Å². The molecule has 18 heavy (non-hydrogen) atoms. The first kappa shape index (κ1) is 10.7. The molecule has 2 aromatic rings. The van der Waals surface area contributed by atoms with Crippen molar-refractivity contribution in [3.63, 3.8) is 0 Å². The summed E-state index contributed by atoms with van der Waals surface area (Å²) in [7, 11) is 1.84. The summed E-state index contributed by atoms with van der Waals surface area (Å²) in [6, 6.07) is 11.3. The fourth-order valence-electron chi connectivity index (χ4n) is 2.00. The van der Waals surface area contributed by atoms with Crippen molar-refractivity contribution in [1.29, 1.82) is 0 Å². The highest BCUT2D eigenvalue weighted by atomic mass is 16.2. The molecule has 0 fully saturated rings. The number of nitrogens with zero attached hydrogens (tertiary/aromatic N) is 4. The normalized spacial score (nSPS) is 15.1. The summed E-state index contributed by atoms with van der Waals surface area (Å²) in [5.74, 6) is -0.0163. The molecular weight excluding hydrogens is 228 g/mol. The Morgan fingerprint density at radius 2 is 1.94 bits per heavy atom. The highest BCUT2D eigenvalue weighted by molar-refractivity contribution is 6.18. The summed E-state index contributed by atoms with van der Waals surface area (Å²) in [5, 5.41) is 9.92. The lowest BCUT2D eigenvalue weighted by molar-refractivity contribution is -0.116. The lowest BCUT2D eigenvalue weighted by atomic mass is 10.2. The highest BCUT2D eigenvalue weighted by Gasteiger charge is 2.27. The van der Waals surface area contributed by atoms with Gasteiger partial charge in [0.1, 0.15) is 0 Å². The molecule has 1 aromatic heterocycles. The number of para-hydroxylation sites is 1. The molecule has 0 saturated heterocycles. The smallest absolute Gasteiger partial charge is 0.253 e. The van der Waals surface area contributed by atoms with Crippen LogP contribution in [-0.4, -0.2) is 21.4 Å². The van der Waals surface area contributed by atoms with Crippen molar-refractivity contribution in [2.45, 2.75) is 6.42 Å². The average Bonchev–Trinajstić information content (AvgIpc) is 2.96. The predicted octanol–water partition coefficient (Wildman–Crippen LogP) is 1.56. The molecule has 0 radical (unpaired) electrons. The zero-order valence-corrected chi connectivity index (χ0v) is 9.95. The van der Waals surface area contributed by atoms with E-state index in [1.54, 1.807) is 10.9 Å². The van der Waals surface area contributed by atoms with Crippen LogP contribution in [0.3, 0.4) is 0 Å². The van der Waals surface area contributed by atoms with E-state index >= 15 is 0 Å². The maximum absolute atomic E-state index is 12.0. The number of hydrogen-bond donors (Lipinski definition) is 0. The van der Waals surface area contributed by atoms with Crippen LogP contribution in [-0.2, 0) is 11.8 Å². The number of aryl methyl sites for hydroxylation is 1. The van der Waals surface area contributed by atoms with Crippen molar-refractivity contribution in [1.82, 2.24) is 9.78 Å². The Hall–Kier alpha value is -2.43. The molecule has 1 aliphatic rings. The molecule has 90 valence electrons. The summed E-state index contributed by atoms with van der Waals surface area (Å²) in [6.07, 6.45) is 2.02. The number of carbonyl (C=O) groups excluding carboxylic acids is 1. The highest BCUT2D eigenvalue weighted by Crippen LogP contribution is 2.21. The second-order valence-corrected chi connectivity index (χ2v) is 4.10. The van der Waals surface area contributed by atoms with Crippen LogP contribution in [0, 0.1) is 0 Å². The van der Waals surface area contributed by atoms with Gasteiger partial charge >= 0.3 is 0 Å². The Morgan fingerprint density at radius 1 is 1.17 bits per heavy atom. The van der Waals surface area contributed by atoms with Gasteiger partial charge < -0.3 is 0 Å². The van der Waals surface area contributed by atoms with E-state index in [-0.39, 0.29) is 5.91 Å². The van der Waals surface area contributed by atoms with Crippen molar-refractivity contribution in [3.05, 3.63) is 48.3 Å². The first-order chi connectivity index (χ1) is 8.75. The Bertz CT molecular complexity index is 615. The zero-order valence-electron chi connectivity index (χ0n) is 9.95. The van der Waals surface area contributed by atoms with Gasteiger partial charge in [-0.3, -0.25) is 9.48 Å². The van der Waals surface area contributed by atoms with Crippen LogP contribution >= 0.6 is 0 Å². The van der Waals surface area contributed by atoms with Gasteiger partial charge in [-0.2, -0.15) is 10.2 Å². The van der Waals surface area contributed by atoms with E-state index in [4.69, 9.17) is 0 Å².